The number of carboxylic acids is 1. The smallest absolute Gasteiger partial charge is 0.339 e. The van der Waals surface area contributed by atoms with Crippen molar-refractivity contribution in [3.8, 4) is 11.5 Å². The van der Waals surface area contributed by atoms with E-state index in [1.165, 1.54) is 11.4 Å². The summed E-state index contributed by atoms with van der Waals surface area (Å²) >= 11 is 6.96. The molecule has 14 heteroatoms. The van der Waals surface area contributed by atoms with E-state index in [0.717, 1.165) is 11.3 Å². The number of hydrogen-bond acceptors (Lipinski definition) is 9. The molecule has 1 aliphatic heterocycles. The Morgan fingerprint density at radius 3 is 2.39 bits per heavy atom. The molecule has 0 bridgehead atoms. The molecule has 0 fully saturated rings. The Morgan fingerprint density at radius 1 is 1.15 bits per heavy atom. The van der Waals surface area contributed by atoms with Crippen LogP contribution in [0.4, 0.5) is 10.9 Å². The van der Waals surface area contributed by atoms with Crippen LogP contribution >= 0.6 is 22.9 Å². The second-order valence-electron chi connectivity index (χ2n) is 6.95. The lowest BCUT2D eigenvalue weighted by atomic mass is 9.95. The van der Waals surface area contributed by atoms with Crippen LogP contribution in [0.2, 0.25) is 5.02 Å². The van der Waals surface area contributed by atoms with Gasteiger partial charge in [0.05, 0.1) is 5.56 Å². The van der Waals surface area contributed by atoms with E-state index < -0.39 is 21.9 Å². The molecule has 11 nitrogen and oxygen atoms in total. The Hall–Kier alpha value is -3.29. The first-order chi connectivity index (χ1) is 15.5. The van der Waals surface area contributed by atoms with Crippen LogP contribution in [-0.4, -0.2) is 37.4 Å². The maximum Gasteiger partial charge on any atom is 0.339 e. The Morgan fingerprint density at radius 2 is 1.79 bits per heavy atom. The third-order valence-corrected chi connectivity index (χ3v) is 7.76. The molecule has 33 heavy (non-hydrogen) atoms. The van der Waals surface area contributed by atoms with Gasteiger partial charge in [-0.05, 0) is 43.3 Å². The number of carbonyl (C=O) groups is 2. The fraction of sp³-hybridized carbons (Fsp3) is 0.211. The molecule has 0 saturated heterocycles. The van der Waals surface area contributed by atoms with Crippen LogP contribution in [0.1, 0.15) is 37.5 Å². The van der Waals surface area contributed by atoms with E-state index in [1.807, 2.05) is 0 Å². The largest absolute Gasteiger partial charge is 0.478 e. The molecule has 3 heterocycles. The lowest BCUT2D eigenvalue weighted by molar-refractivity contribution is 0.0690. The van der Waals surface area contributed by atoms with E-state index in [2.05, 4.69) is 15.2 Å². The summed E-state index contributed by atoms with van der Waals surface area (Å²) in [6, 6.07) is 1.30. The normalized spacial score (nSPS) is 12.6. The molecule has 1 amide bonds. The fourth-order valence-electron chi connectivity index (χ4n) is 3.26. The van der Waals surface area contributed by atoms with Crippen LogP contribution in [-0.2, 0) is 10.0 Å². The van der Waals surface area contributed by atoms with Crippen LogP contribution in [0.25, 0.3) is 0 Å². The van der Waals surface area contributed by atoms with Gasteiger partial charge in [-0.1, -0.05) is 16.8 Å². The number of ether oxygens (including phenoxy) is 2. The van der Waals surface area contributed by atoms with Crippen molar-refractivity contribution in [2.45, 2.75) is 25.7 Å². The molecule has 3 N–H and O–H groups in total. The van der Waals surface area contributed by atoms with Crippen LogP contribution < -0.4 is 19.5 Å². The quantitative estimate of drug-likeness (QED) is 0.446. The zero-order valence-electron chi connectivity index (χ0n) is 17.3. The predicted molar refractivity (Wildman–Crippen MR) is 118 cm³/mol. The van der Waals surface area contributed by atoms with E-state index in [9.17, 15) is 23.1 Å². The highest BCUT2D eigenvalue weighted by atomic mass is 35.5. The number of benzene rings is 1. The van der Waals surface area contributed by atoms with Crippen molar-refractivity contribution in [2.24, 2.45) is 0 Å². The molecule has 3 aromatic rings. The van der Waals surface area contributed by atoms with E-state index in [4.69, 9.17) is 25.6 Å². The number of thiophene rings is 1. The number of amides is 1. The van der Waals surface area contributed by atoms with E-state index in [0.29, 0.717) is 16.8 Å². The Kier molecular flexibility index (Phi) is 5.72. The highest BCUT2D eigenvalue weighted by molar-refractivity contribution is 7.93. The molecule has 174 valence electrons. The summed E-state index contributed by atoms with van der Waals surface area (Å²) in [5.41, 5.74) is 0.938. The minimum atomic E-state index is -4.19. The second-order valence-corrected chi connectivity index (χ2v) is 9.90. The minimum Gasteiger partial charge on any atom is -0.478 e. The number of sulfonamides is 1. The number of halogens is 1. The van der Waals surface area contributed by atoms with Gasteiger partial charge < -0.3 is 24.4 Å². The SMILES string of the molecule is Cc1noc(NS(=O)(=O)c2ccsc2NC(=O)c2c(C)c(C)c(C(=O)O)c3c2OCO3)c1Cl. The van der Waals surface area contributed by atoms with Gasteiger partial charge in [0.1, 0.15) is 26.2 Å². The lowest BCUT2D eigenvalue weighted by Crippen LogP contribution is -2.19. The first kappa shape index (κ1) is 22.9. The molecule has 1 aliphatic rings. The number of aromatic carboxylic acids is 1. The number of aryl methyl sites for hydroxylation is 1. The van der Waals surface area contributed by atoms with Crippen molar-refractivity contribution in [1.82, 2.24) is 5.16 Å². The first-order valence-electron chi connectivity index (χ1n) is 9.22. The summed E-state index contributed by atoms with van der Waals surface area (Å²) in [5.74, 6) is -2.23. The highest BCUT2D eigenvalue weighted by Gasteiger charge is 2.33. The molecule has 0 spiro atoms. The standard InChI is InChI=1S/C19H16ClN3O8S2/c1-7-8(2)12(19(25)26)15-14(29-6-30-15)11(7)16(24)21-18-10(4-5-32-18)33(27,28)23-17-13(20)9(3)22-31-17/h4-5,23H,6H2,1-3H3,(H,21,24)(H,25,26). The monoisotopic (exact) mass is 513 g/mol. The number of rotatable bonds is 6. The molecule has 0 unspecified atom stereocenters. The van der Waals surface area contributed by atoms with Gasteiger partial charge in [0.15, 0.2) is 11.5 Å². The van der Waals surface area contributed by atoms with Crippen molar-refractivity contribution in [2.75, 3.05) is 16.8 Å². The number of aromatic nitrogens is 1. The Balaban J connectivity index is 1.69. The molecular formula is C19H16ClN3O8S2. The summed E-state index contributed by atoms with van der Waals surface area (Å²) in [6.45, 7) is 4.41. The molecule has 2 aromatic heterocycles. The van der Waals surface area contributed by atoms with Gasteiger partial charge >= 0.3 is 5.97 Å². The summed E-state index contributed by atoms with van der Waals surface area (Å²) in [5, 5.41) is 17.2. The summed E-state index contributed by atoms with van der Waals surface area (Å²) in [4.78, 5) is 24.6. The molecule has 0 saturated carbocycles. The summed E-state index contributed by atoms with van der Waals surface area (Å²) < 4.78 is 43.5. The molecule has 0 atom stereocenters. The summed E-state index contributed by atoms with van der Waals surface area (Å²) in [7, 11) is -4.19. The topological polar surface area (TPSA) is 157 Å². The molecule has 1 aromatic carbocycles. The lowest BCUT2D eigenvalue weighted by Gasteiger charge is -2.15. The Labute approximate surface area is 196 Å². The van der Waals surface area contributed by atoms with Crippen molar-refractivity contribution >= 4 is 55.7 Å². The molecule has 4 rings (SSSR count). The van der Waals surface area contributed by atoms with Crippen LogP contribution in [0.3, 0.4) is 0 Å². The van der Waals surface area contributed by atoms with E-state index in [-0.39, 0.29) is 50.2 Å². The zero-order chi connectivity index (χ0) is 24.1. The first-order valence-corrected chi connectivity index (χ1v) is 12.0. The van der Waals surface area contributed by atoms with Gasteiger partial charge in [-0.3, -0.25) is 4.79 Å². The number of nitrogens with one attached hydrogen (secondary N) is 2. The van der Waals surface area contributed by atoms with Gasteiger partial charge in [-0.25, -0.2) is 17.9 Å². The predicted octanol–water partition coefficient (Wildman–Crippen LogP) is 3.79. The van der Waals surface area contributed by atoms with Gasteiger partial charge in [0, 0.05) is 0 Å². The Bertz CT molecular complexity index is 1410. The minimum absolute atomic E-state index is 0.0109. The van der Waals surface area contributed by atoms with Crippen LogP contribution in [0, 0.1) is 20.8 Å². The van der Waals surface area contributed by atoms with Crippen molar-refractivity contribution < 1.29 is 37.1 Å². The number of anilines is 2. The van der Waals surface area contributed by atoms with Gasteiger partial charge in [-0.15, -0.1) is 11.3 Å². The highest BCUT2D eigenvalue weighted by Crippen LogP contribution is 2.44. The van der Waals surface area contributed by atoms with E-state index >= 15 is 0 Å². The van der Waals surface area contributed by atoms with Crippen molar-refractivity contribution in [3.05, 3.63) is 44.4 Å². The maximum absolute atomic E-state index is 13.2. The average molecular weight is 514 g/mol. The maximum atomic E-state index is 13.2. The van der Waals surface area contributed by atoms with Crippen LogP contribution in [0.5, 0.6) is 11.5 Å². The zero-order valence-corrected chi connectivity index (χ0v) is 19.7. The van der Waals surface area contributed by atoms with E-state index in [1.54, 1.807) is 20.8 Å². The molecule has 0 radical (unpaired) electrons. The number of carboxylic acid groups (broad SMARTS) is 1. The van der Waals surface area contributed by atoms with Crippen molar-refractivity contribution in [1.29, 1.82) is 0 Å². The van der Waals surface area contributed by atoms with Gasteiger partial charge in [0.25, 0.3) is 21.8 Å². The second kappa shape index (κ2) is 8.24. The van der Waals surface area contributed by atoms with Gasteiger partial charge in [0.2, 0.25) is 6.79 Å². The third-order valence-electron chi connectivity index (χ3n) is 4.98. The summed E-state index contributed by atoms with van der Waals surface area (Å²) in [6.07, 6.45) is 0. The van der Waals surface area contributed by atoms with Crippen molar-refractivity contribution in [3.63, 3.8) is 0 Å². The molecule has 0 aliphatic carbocycles. The van der Waals surface area contributed by atoms with Gasteiger partial charge in [-0.2, -0.15) is 0 Å². The number of carbonyl (C=O) groups excluding carboxylic acids is 1. The average Bonchev–Trinajstić information content (AvgIpc) is 3.46. The number of hydrogen-bond donors (Lipinski definition) is 3. The fourth-order valence-corrected chi connectivity index (χ4v) is 5.70. The molecular weight excluding hydrogens is 498 g/mol. The third kappa shape index (κ3) is 3.87. The van der Waals surface area contributed by atoms with Crippen LogP contribution in [0.15, 0.2) is 20.9 Å². The number of nitrogens with zero attached hydrogens (tertiary/aromatic N) is 1. The number of fused-ring (bicyclic) bond motifs is 1.